The normalized spacial score (nSPS) is 11.7. The van der Waals surface area contributed by atoms with Crippen LogP contribution in [-0.4, -0.2) is 19.5 Å². The van der Waals surface area contributed by atoms with Crippen molar-refractivity contribution in [2.45, 2.75) is 13.8 Å². The van der Waals surface area contributed by atoms with Crippen LogP contribution >= 0.6 is 11.3 Å². The lowest BCUT2D eigenvalue weighted by atomic mass is 9.96. The zero-order valence-corrected chi connectivity index (χ0v) is 35.4. The highest BCUT2D eigenvalue weighted by molar-refractivity contribution is 7.25. The summed E-state index contributed by atoms with van der Waals surface area (Å²) in [6.07, 6.45) is 0. The van der Waals surface area contributed by atoms with Crippen molar-refractivity contribution < 1.29 is 4.42 Å². The second-order valence-corrected chi connectivity index (χ2v) is 16.7. The maximum atomic E-state index is 6.36. The van der Waals surface area contributed by atoms with Gasteiger partial charge in [-0.25, -0.2) is 4.98 Å². The first kappa shape index (κ1) is 36.9. The molecular formula is C57H38N4OS. The molecular weight excluding hydrogens is 789 g/mol. The van der Waals surface area contributed by atoms with Gasteiger partial charge in [-0.3, -0.25) is 4.57 Å². The topological polar surface area (TPSA) is 56.7 Å². The summed E-state index contributed by atoms with van der Waals surface area (Å²) in [6, 6.07) is 68.7. The second-order valence-electron chi connectivity index (χ2n) is 15.6. The maximum absolute atomic E-state index is 6.36. The molecule has 0 unspecified atom stereocenters. The van der Waals surface area contributed by atoms with Crippen LogP contribution in [0.15, 0.2) is 199 Å². The highest BCUT2D eigenvalue weighted by Gasteiger charge is 2.23. The van der Waals surface area contributed by atoms with Gasteiger partial charge in [-0.1, -0.05) is 166 Å². The molecule has 0 N–H and O–H groups in total. The van der Waals surface area contributed by atoms with Crippen molar-refractivity contribution in [2.24, 2.45) is 0 Å². The van der Waals surface area contributed by atoms with Gasteiger partial charge in [0.2, 0.25) is 5.95 Å². The SMILES string of the molecule is CC.c1ccc(-c2nc(-c3ccc4c(c3)oc3ccccc34)nc(-n3c4c(-c5cccc(-c6ccc7sc8ccccc8c7c6)c5)cccc4c4ccc5ccccc5c43)n2)cc1. The molecule has 0 aliphatic carbocycles. The Bertz CT molecular complexity index is 3900. The molecule has 63 heavy (non-hydrogen) atoms. The molecule has 13 rings (SSSR count). The minimum atomic E-state index is 0.545. The van der Waals surface area contributed by atoms with Crippen molar-refractivity contribution >= 4 is 86.0 Å². The van der Waals surface area contributed by atoms with Gasteiger partial charge in [0, 0.05) is 63.8 Å². The minimum Gasteiger partial charge on any atom is -0.456 e. The molecule has 0 radical (unpaired) electrons. The Morgan fingerprint density at radius 1 is 0.381 bits per heavy atom. The lowest BCUT2D eigenvalue weighted by Gasteiger charge is -2.14. The van der Waals surface area contributed by atoms with Crippen molar-refractivity contribution in [3.8, 4) is 51.0 Å². The quantitative estimate of drug-likeness (QED) is 0.173. The molecule has 6 heteroatoms. The van der Waals surface area contributed by atoms with Crippen LogP contribution in [0.25, 0.3) is 126 Å². The van der Waals surface area contributed by atoms with E-state index in [2.05, 4.69) is 162 Å². The number of fused-ring (bicyclic) bond motifs is 11. The molecule has 0 fully saturated rings. The molecule has 13 aromatic rings. The Labute approximate surface area is 367 Å². The highest BCUT2D eigenvalue weighted by atomic mass is 32.1. The van der Waals surface area contributed by atoms with E-state index in [9.17, 15) is 0 Å². The second kappa shape index (κ2) is 14.9. The van der Waals surface area contributed by atoms with Gasteiger partial charge in [0.15, 0.2) is 11.6 Å². The van der Waals surface area contributed by atoms with Crippen LogP contribution in [0.5, 0.6) is 0 Å². The van der Waals surface area contributed by atoms with Gasteiger partial charge in [0.25, 0.3) is 0 Å². The maximum Gasteiger partial charge on any atom is 0.238 e. The Morgan fingerprint density at radius 2 is 1.00 bits per heavy atom. The molecule has 0 aliphatic heterocycles. The lowest BCUT2D eigenvalue weighted by molar-refractivity contribution is 0.669. The average molecular weight is 827 g/mol. The molecule has 0 amide bonds. The van der Waals surface area contributed by atoms with E-state index in [0.717, 1.165) is 82.3 Å². The van der Waals surface area contributed by atoms with Crippen molar-refractivity contribution in [2.75, 3.05) is 0 Å². The van der Waals surface area contributed by atoms with E-state index in [1.165, 1.54) is 25.7 Å². The van der Waals surface area contributed by atoms with E-state index in [4.69, 9.17) is 19.4 Å². The van der Waals surface area contributed by atoms with E-state index < -0.39 is 0 Å². The summed E-state index contributed by atoms with van der Waals surface area (Å²) < 4.78 is 11.2. The summed E-state index contributed by atoms with van der Waals surface area (Å²) in [5.74, 6) is 1.71. The standard InChI is InChI=1S/C55H32N4OS.C2H6/c1-2-13-34(14-3-1)53-56-54(38-25-27-42-41-18-6-8-22-47(41)60-48(42)32-38)58-55(57-53)59-51-39-17-5-4-12-33(39)24-28-45(51)44-21-11-20-40(52(44)59)37-16-10-15-35(30-37)36-26-29-50-46(31-36)43-19-7-9-23-49(43)61-50;1-2/h1-32H;1-2H3. The third kappa shape index (κ3) is 6.02. The fourth-order valence-corrected chi connectivity index (χ4v) is 10.3. The number of aromatic nitrogens is 4. The Hall–Kier alpha value is -7.93. The van der Waals surface area contributed by atoms with E-state index in [1.807, 2.05) is 61.6 Å². The van der Waals surface area contributed by atoms with Gasteiger partial charge in [0.05, 0.1) is 11.0 Å². The molecule has 0 saturated heterocycles. The Kier molecular flexibility index (Phi) is 8.73. The molecule has 0 saturated carbocycles. The highest BCUT2D eigenvalue weighted by Crippen LogP contribution is 2.43. The smallest absolute Gasteiger partial charge is 0.238 e. The molecule has 0 spiro atoms. The first-order valence-corrected chi connectivity index (χ1v) is 22.2. The summed E-state index contributed by atoms with van der Waals surface area (Å²) in [7, 11) is 0. The number of furan rings is 1. The van der Waals surface area contributed by atoms with Gasteiger partial charge in [-0.15, -0.1) is 11.3 Å². The molecule has 0 atom stereocenters. The van der Waals surface area contributed by atoms with Crippen molar-refractivity contribution in [1.82, 2.24) is 19.5 Å². The average Bonchev–Trinajstić information content (AvgIpc) is 4.04. The summed E-state index contributed by atoms with van der Waals surface area (Å²) in [4.78, 5) is 15.9. The largest absolute Gasteiger partial charge is 0.456 e. The minimum absolute atomic E-state index is 0.545. The van der Waals surface area contributed by atoms with Crippen molar-refractivity contribution in [1.29, 1.82) is 0 Å². The van der Waals surface area contributed by atoms with Gasteiger partial charge >= 0.3 is 0 Å². The number of benzene rings is 9. The molecule has 4 aromatic heterocycles. The van der Waals surface area contributed by atoms with Crippen LogP contribution in [0, 0.1) is 0 Å². The van der Waals surface area contributed by atoms with Crippen LogP contribution in [-0.2, 0) is 0 Å². The van der Waals surface area contributed by atoms with Gasteiger partial charge in [-0.2, -0.15) is 9.97 Å². The van der Waals surface area contributed by atoms with E-state index in [1.54, 1.807) is 0 Å². The monoisotopic (exact) mass is 826 g/mol. The Balaban J connectivity index is 0.00000208. The van der Waals surface area contributed by atoms with Crippen molar-refractivity contribution in [3.05, 3.63) is 194 Å². The van der Waals surface area contributed by atoms with Crippen LogP contribution in [0.1, 0.15) is 13.8 Å². The fraction of sp³-hybridized carbons (Fsp3) is 0.0351. The van der Waals surface area contributed by atoms with E-state index >= 15 is 0 Å². The number of hydrogen-bond donors (Lipinski definition) is 0. The molecule has 4 heterocycles. The summed E-state index contributed by atoms with van der Waals surface area (Å²) in [5, 5.41) is 9.25. The zero-order valence-electron chi connectivity index (χ0n) is 34.6. The lowest BCUT2D eigenvalue weighted by Crippen LogP contribution is -2.07. The van der Waals surface area contributed by atoms with E-state index in [0.29, 0.717) is 17.6 Å². The number of hydrogen-bond acceptors (Lipinski definition) is 5. The Morgan fingerprint density at radius 3 is 1.89 bits per heavy atom. The predicted molar refractivity (Wildman–Crippen MR) is 265 cm³/mol. The summed E-state index contributed by atoms with van der Waals surface area (Å²) in [6.45, 7) is 4.00. The third-order valence-electron chi connectivity index (χ3n) is 12.1. The van der Waals surface area contributed by atoms with Gasteiger partial charge in [0.1, 0.15) is 11.2 Å². The van der Waals surface area contributed by atoms with Crippen LogP contribution in [0.2, 0.25) is 0 Å². The first-order chi connectivity index (χ1) is 31.2. The van der Waals surface area contributed by atoms with Gasteiger partial charge < -0.3 is 4.42 Å². The van der Waals surface area contributed by atoms with Crippen LogP contribution < -0.4 is 0 Å². The summed E-state index contributed by atoms with van der Waals surface area (Å²) in [5.41, 5.74) is 10.0. The van der Waals surface area contributed by atoms with Crippen molar-refractivity contribution in [3.63, 3.8) is 0 Å². The zero-order chi connectivity index (χ0) is 42.0. The van der Waals surface area contributed by atoms with Crippen LogP contribution in [0.4, 0.5) is 0 Å². The molecule has 0 aliphatic rings. The van der Waals surface area contributed by atoms with E-state index in [-0.39, 0.29) is 0 Å². The number of para-hydroxylation sites is 2. The third-order valence-corrected chi connectivity index (χ3v) is 13.2. The predicted octanol–water partition coefficient (Wildman–Crippen LogP) is 16.1. The number of thiophene rings is 1. The van der Waals surface area contributed by atoms with Crippen LogP contribution in [0.3, 0.4) is 0 Å². The molecule has 5 nitrogen and oxygen atoms in total. The molecule has 0 bridgehead atoms. The molecule has 9 aromatic carbocycles. The first-order valence-electron chi connectivity index (χ1n) is 21.4. The molecule has 298 valence electrons. The van der Waals surface area contributed by atoms with Gasteiger partial charge in [-0.05, 0) is 64.5 Å². The number of rotatable bonds is 5. The number of nitrogens with zero attached hydrogens (tertiary/aromatic N) is 4. The fourth-order valence-electron chi connectivity index (χ4n) is 9.21. The summed E-state index contributed by atoms with van der Waals surface area (Å²) >= 11 is 1.85.